The number of benzene rings is 2. The molecule has 0 saturated carbocycles. The molecule has 4 rings (SSSR count). The fourth-order valence-electron chi connectivity index (χ4n) is 2.95. The molecule has 0 bridgehead atoms. The van der Waals surface area contributed by atoms with Crippen LogP contribution >= 0.6 is 24.0 Å². The standard InChI is InChI=1S/C20H17NO5S2/c1-23-14-4-6-15(24-2)13(8-14)9-18-19(22)21(20(27)28-18)10-12-3-5-16-17(7-12)26-11-25-16/h3-9H,10-11H2,1-2H3. The molecule has 1 saturated heterocycles. The number of fused-ring (bicyclic) bond motifs is 1. The van der Waals surface area contributed by atoms with Crippen molar-refractivity contribution in [2.24, 2.45) is 0 Å². The minimum absolute atomic E-state index is 0.141. The summed E-state index contributed by atoms with van der Waals surface area (Å²) in [6, 6.07) is 11.0. The van der Waals surface area contributed by atoms with Crippen LogP contribution in [0.15, 0.2) is 41.3 Å². The highest BCUT2D eigenvalue weighted by Gasteiger charge is 2.32. The fourth-order valence-corrected chi connectivity index (χ4v) is 4.20. The van der Waals surface area contributed by atoms with Crippen molar-refractivity contribution in [1.29, 1.82) is 0 Å². The first-order valence-corrected chi connectivity index (χ1v) is 9.67. The third kappa shape index (κ3) is 3.53. The molecule has 8 heteroatoms. The number of amides is 1. The van der Waals surface area contributed by atoms with Crippen LogP contribution in [0.4, 0.5) is 0 Å². The summed E-state index contributed by atoms with van der Waals surface area (Å²) in [7, 11) is 3.18. The average Bonchev–Trinajstić information content (AvgIpc) is 3.27. The number of carbonyl (C=O) groups is 1. The van der Waals surface area contributed by atoms with Gasteiger partial charge in [0.2, 0.25) is 6.79 Å². The van der Waals surface area contributed by atoms with Gasteiger partial charge in [0.15, 0.2) is 11.5 Å². The SMILES string of the molecule is COc1ccc(OC)c(C=C2SC(=S)N(Cc3ccc4c(c3)OCO4)C2=O)c1. The monoisotopic (exact) mass is 415 g/mol. The largest absolute Gasteiger partial charge is 0.497 e. The van der Waals surface area contributed by atoms with E-state index in [-0.39, 0.29) is 12.7 Å². The summed E-state index contributed by atoms with van der Waals surface area (Å²) in [6.45, 7) is 0.582. The number of hydrogen-bond acceptors (Lipinski definition) is 7. The van der Waals surface area contributed by atoms with Gasteiger partial charge in [0.05, 0.1) is 25.7 Å². The van der Waals surface area contributed by atoms with Gasteiger partial charge in [-0.25, -0.2) is 0 Å². The number of thiocarbonyl (C=S) groups is 1. The Bertz CT molecular complexity index is 989. The molecule has 6 nitrogen and oxygen atoms in total. The zero-order valence-corrected chi connectivity index (χ0v) is 16.9. The van der Waals surface area contributed by atoms with Crippen LogP contribution in [0.3, 0.4) is 0 Å². The lowest BCUT2D eigenvalue weighted by molar-refractivity contribution is -0.122. The van der Waals surface area contributed by atoms with E-state index >= 15 is 0 Å². The summed E-state index contributed by atoms with van der Waals surface area (Å²) in [6.07, 6.45) is 1.78. The molecule has 0 atom stereocenters. The molecule has 2 aromatic rings. The summed E-state index contributed by atoms with van der Waals surface area (Å²) in [5.74, 6) is 2.58. The highest BCUT2D eigenvalue weighted by molar-refractivity contribution is 8.26. The van der Waals surface area contributed by atoms with Gasteiger partial charge in [0.1, 0.15) is 15.8 Å². The highest BCUT2D eigenvalue weighted by atomic mass is 32.2. The van der Waals surface area contributed by atoms with Gasteiger partial charge in [-0.3, -0.25) is 9.69 Å². The molecule has 1 amide bonds. The maximum Gasteiger partial charge on any atom is 0.266 e. The van der Waals surface area contributed by atoms with Crippen LogP contribution in [0.25, 0.3) is 6.08 Å². The Morgan fingerprint density at radius 2 is 1.96 bits per heavy atom. The minimum Gasteiger partial charge on any atom is -0.497 e. The van der Waals surface area contributed by atoms with E-state index in [9.17, 15) is 4.79 Å². The first kappa shape index (κ1) is 18.6. The first-order valence-electron chi connectivity index (χ1n) is 8.45. The molecule has 2 aliphatic heterocycles. The topological polar surface area (TPSA) is 57.2 Å². The lowest BCUT2D eigenvalue weighted by Crippen LogP contribution is -2.27. The maximum absolute atomic E-state index is 12.9. The van der Waals surface area contributed by atoms with Crippen molar-refractivity contribution in [3.63, 3.8) is 0 Å². The molecule has 0 aromatic heterocycles. The molecule has 0 unspecified atom stereocenters. The van der Waals surface area contributed by atoms with Gasteiger partial charge in [0, 0.05) is 5.56 Å². The minimum atomic E-state index is -0.141. The van der Waals surface area contributed by atoms with Gasteiger partial charge in [-0.15, -0.1) is 0 Å². The number of rotatable bonds is 5. The second-order valence-corrected chi connectivity index (χ2v) is 7.74. The van der Waals surface area contributed by atoms with Gasteiger partial charge in [0.25, 0.3) is 5.91 Å². The van der Waals surface area contributed by atoms with Gasteiger partial charge >= 0.3 is 0 Å². The summed E-state index contributed by atoms with van der Waals surface area (Å²) < 4.78 is 21.9. The summed E-state index contributed by atoms with van der Waals surface area (Å²) in [5, 5.41) is 0. The number of hydrogen-bond donors (Lipinski definition) is 0. The van der Waals surface area contributed by atoms with Crippen molar-refractivity contribution in [2.75, 3.05) is 21.0 Å². The third-order valence-electron chi connectivity index (χ3n) is 4.37. The molecule has 1 fully saturated rings. The summed E-state index contributed by atoms with van der Waals surface area (Å²) >= 11 is 6.71. The van der Waals surface area contributed by atoms with Gasteiger partial charge in [-0.2, -0.15) is 0 Å². The summed E-state index contributed by atoms with van der Waals surface area (Å²) in [5.41, 5.74) is 1.67. The number of methoxy groups -OCH3 is 2. The average molecular weight is 415 g/mol. The highest BCUT2D eigenvalue weighted by Crippen LogP contribution is 2.37. The lowest BCUT2D eigenvalue weighted by Gasteiger charge is -2.14. The van der Waals surface area contributed by atoms with Crippen LogP contribution < -0.4 is 18.9 Å². The van der Waals surface area contributed by atoms with Gasteiger partial charge in [-0.1, -0.05) is 30.0 Å². The zero-order chi connectivity index (χ0) is 19.7. The third-order valence-corrected chi connectivity index (χ3v) is 5.75. The second kappa shape index (κ2) is 7.73. The van der Waals surface area contributed by atoms with E-state index in [1.54, 1.807) is 37.3 Å². The second-order valence-electron chi connectivity index (χ2n) is 6.06. The van der Waals surface area contributed by atoms with Crippen molar-refractivity contribution in [2.45, 2.75) is 6.54 Å². The normalized spacial score (nSPS) is 16.8. The van der Waals surface area contributed by atoms with Crippen molar-refractivity contribution < 1.29 is 23.7 Å². The Balaban J connectivity index is 1.58. The predicted octanol–water partition coefficient (Wildman–Crippen LogP) is 3.83. The van der Waals surface area contributed by atoms with Crippen molar-refractivity contribution >= 4 is 40.3 Å². The molecule has 2 aliphatic rings. The molecule has 0 spiro atoms. The van der Waals surface area contributed by atoms with Crippen molar-refractivity contribution in [3.8, 4) is 23.0 Å². The van der Waals surface area contributed by atoms with E-state index in [2.05, 4.69) is 0 Å². The van der Waals surface area contributed by atoms with Crippen molar-refractivity contribution in [1.82, 2.24) is 4.90 Å². The van der Waals surface area contributed by atoms with Crippen LogP contribution in [-0.2, 0) is 11.3 Å². The smallest absolute Gasteiger partial charge is 0.266 e. The van der Waals surface area contributed by atoms with Crippen LogP contribution in [-0.4, -0.2) is 36.1 Å². The molecule has 2 heterocycles. The van der Waals surface area contributed by atoms with E-state index in [0.29, 0.717) is 38.8 Å². The number of ether oxygens (including phenoxy) is 4. The predicted molar refractivity (Wildman–Crippen MR) is 111 cm³/mol. The molecular formula is C20H17NO5S2. The number of thioether (sulfide) groups is 1. The van der Waals surface area contributed by atoms with E-state index in [0.717, 1.165) is 11.1 Å². The Morgan fingerprint density at radius 1 is 1.14 bits per heavy atom. The lowest BCUT2D eigenvalue weighted by atomic mass is 10.1. The van der Waals surface area contributed by atoms with E-state index in [4.69, 9.17) is 31.2 Å². The summed E-state index contributed by atoms with van der Waals surface area (Å²) in [4.78, 5) is 15.1. The van der Waals surface area contributed by atoms with E-state index in [1.807, 2.05) is 24.3 Å². The van der Waals surface area contributed by atoms with E-state index in [1.165, 1.54) is 11.8 Å². The molecule has 0 N–H and O–H groups in total. The first-order chi connectivity index (χ1) is 13.6. The molecule has 0 aliphatic carbocycles. The van der Waals surface area contributed by atoms with Crippen LogP contribution in [0.5, 0.6) is 23.0 Å². The van der Waals surface area contributed by atoms with E-state index < -0.39 is 0 Å². The Morgan fingerprint density at radius 3 is 2.75 bits per heavy atom. The number of carbonyl (C=O) groups excluding carboxylic acids is 1. The van der Waals surface area contributed by atoms with Crippen LogP contribution in [0, 0.1) is 0 Å². The molecule has 28 heavy (non-hydrogen) atoms. The maximum atomic E-state index is 12.9. The zero-order valence-electron chi connectivity index (χ0n) is 15.3. The molecule has 144 valence electrons. The van der Waals surface area contributed by atoms with Gasteiger partial charge in [-0.05, 0) is 42.0 Å². The van der Waals surface area contributed by atoms with Crippen molar-refractivity contribution in [3.05, 3.63) is 52.4 Å². The Labute approximate surface area is 172 Å². The van der Waals surface area contributed by atoms with Crippen LogP contribution in [0.1, 0.15) is 11.1 Å². The Kier molecular flexibility index (Phi) is 5.15. The Hall–Kier alpha value is -2.71. The van der Waals surface area contributed by atoms with Gasteiger partial charge < -0.3 is 18.9 Å². The quantitative estimate of drug-likeness (QED) is 0.543. The molecular weight excluding hydrogens is 398 g/mol. The molecule has 0 radical (unpaired) electrons. The molecule has 2 aromatic carbocycles. The van der Waals surface area contributed by atoms with Crippen LogP contribution in [0.2, 0.25) is 0 Å². The fraction of sp³-hybridized carbons (Fsp3) is 0.200. The number of nitrogens with zero attached hydrogens (tertiary/aromatic N) is 1.